The van der Waals surface area contributed by atoms with Gasteiger partial charge in [0.15, 0.2) is 11.6 Å². The van der Waals surface area contributed by atoms with Crippen LogP contribution in [0.4, 0.5) is 23.2 Å². The van der Waals surface area contributed by atoms with E-state index in [2.05, 4.69) is 15.3 Å². The first-order valence-corrected chi connectivity index (χ1v) is 13.0. The maximum absolute atomic E-state index is 15.2. The Labute approximate surface area is 234 Å². The molecule has 2 aromatic carbocycles. The molecule has 5 aromatic rings. The summed E-state index contributed by atoms with van der Waals surface area (Å²) in [5.74, 6) is -4.89. The van der Waals surface area contributed by atoms with Crippen LogP contribution in [0.25, 0.3) is 20.8 Å². The fourth-order valence-electron chi connectivity index (χ4n) is 4.17. The van der Waals surface area contributed by atoms with E-state index in [1.165, 1.54) is 35.7 Å². The van der Waals surface area contributed by atoms with Crippen LogP contribution in [0.5, 0.6) is 11.5 Å². The molecule has 2 amide bonds. The van der Waals surface area contributed by atoms with Crippen molar-refractivity contribution >= 4 is 39.1 Å². The molecule has 0 radical (unpaired) electrons. The van der Waals surface area contributed by atoms with Crippen molar-refractivity contribution in [3.05, 3.63) is 90.3 Å². The van der Waals surface area contributed by atoms with Crippen LogP contribution in [-0.4, -0.2) is 26.3 Å². The van der Waals surface area contributed by atoms with Gasteiger partial charge in [0.25, 0.3) is 0 Å². The number of rotatable bonds is 8. The Morgan fingerprint density at radius 1 is 1.10 bits per heavy atom. The summed E-state index contributed by atoms with van der Waals surface area (Å²) in [7, 11) is 0. The average molecular weight is 584 g/mol. The fourth-order valence-corrected chi connectivity index (χ4v) is 5.20. The third-order valence-corrected chi connectivity index (χ3v) is 7.33. The lowest BCUT2D eigenvalue weighted by atomic mass is 9.96. The van der Waals surface area contributed by atoms with Crippen molar-refractivity contribution in [3.63, 3.8) is 0 Å². The molecule has 0 aliphatic heterocycles. The van der Waals surface area contributed by atoms with E-state index >= 15 is 4.39 Å². The summed E-state index contributed by atoms with van der Waals surface area (Å²) in [6.07, 6.45) is 0.375. The zero-order valence-corrected chi connectivity index (χ0v) is 22.1. The van der Waals surface area contributed by atoms with Crippen LogP contribution in [0.15, 0.2) is 73.3 Å². The fraction of sp³-hybridized carbons (Fsp3) is 0.143. The minimum Gasteiger partial charge on any atom is -0.453 e. The number of aromatic nitrogens is 3. The highest BCUT2D eigenvalue weighted by Crippen LogP contribution is 2.40. The summed E-state index contributed by atoms with van der Waals surface area (Å²) in [6, 6.07) is 11.0. The maximum atomic E-state index is 15.2. The van der Waals surface area contributed by atoms with E-state index < -0.39 is 41.0 Å². The molecule has 1 atom stereocenters. The predicted octanol–water partition coefficient (Wildman–Crippen LogP) is 6.34. The molecular weight excluding hydrogens is 562 g/mol. The zero-order chi connectivity index (χ0) is 29.3. The number of nitrogens with one attached hydrogen (secondary N) is 1. The van der Waals surface area contributed by atoms with Crippen molar-refractivity contribution in [2.75, 3.05) is 5.32 Å². The summed E-state index contributed by atoms with van der Waals surface area (Å²) in [5.41, 5.74) is 4.94. The summed E-state index contributed by atoms with van der Waals surface area (Å²) in [4.78, 5) is 34.6. The Morgan fingerprint density at radius 2 is 1.88 bits per heavy atom. The zero-order valence-electron chi connectivity index (χ0n) is 21.3. The van der Waals surface area contributed by atoms with Gasteiger partial charge in [-0.2, -0.15) is 13.2 Å². The molecule has 3 N–H and O–H groups in total. The number of nitrogens with two attached hydrogens (primary N) is 1. The number of thiophene rings is 1. The van der Waals surface area contributed by atoms with Gasteiger partial charge in [0.05, 0.1) is 38.4 Å². The number of fused-ring (bicyclic) bond motifs is 1. The van der Waals surface area contributed by atoms with Crippen LogP contribution in [0.1, 0.15) is 24.0 Å². The number of hydrogen-bond donors (Lipinski definition) is 2. The number of ether oxygens (including phenoxy) is 1. The number of benzene rings is 2. The van der Waals surface area contributed by atoms with Crippen molar-refractivity contribution in [2.45, 2.75) is 25.6 Å². The molecule has 8 nitrogen and oxygen atoms in total. The first-order valence-electron chi connectivity index (χ1n) is 12.2. The van der Waals surface area contributed by atoms with Gasteiger partial charge >= 0.3 is 6.18 Å². The van der Waals surface area contributed by atoms with Gasteiger partial charge in [-0.1, -0.05) is 18.2 Å². The van der Waals surface area contributed by atoms with Gasteiger partial charge in [-0.15, -0.1) is 11.3 Å². The van der Waals surface area contributed by atoms with E-state index in [1.807, 2.05) is 23.8 Å². The first kappa shape index (κ1) is 27.8. The van der Waals surface area contributed by atoms with Gasteiger partial charge in [0.1, 0.15) is 11.7 Å². The van der Waals surface area contributed by atoms with Gasteiger partial charge < -0.3 is 20.4 Å². The number of aryl methyl sites for hydroxylation is 1. The minimum absolute atomic E-state index is 0.158. The van der Waals surface area contributed by atoms with Crippen molar-refractivity contribution in [2.24, 2.45) is 5.73 Å². The molecule has 5 rings (SSSR count). The second kappa shape index (κ2) is 11.0. The summed E-state index contributed by atoms with van der Waals surface area (Å²) in [5, 5.41) is 2.09. The van der Waals surface area contributed by atoms with Gasteiger partial charge in [-0.25, -0.2) is 9.37 Å². The van der Waals surface area contributed by atoms with E-state index in [1.54, 1.807) is 12.4 Å². The van der Waals surface area contributed by atoms with Crippen molar-refractivity contribution in [3.8, 4) is 22.1 Å². The smallest absolute Gasteiger partial charge is 0.418 e. The van der Waals surface area contributed by atoms with Crippen LogP contribution in [-0.2, 0) is 22.3 Å². The number of para-hydroxylation sites is 1. The largest absolute Gasteiger partial charge is 0.453 e. The monoisotopic (exact) mass is 583 g/mol. The van der Waals surface area contributed by atoms with E-state index in [-0.39, 0.29) is 11.3 Å². The number of anilines is 1. The van der Waals surface area contributed by atoms with Crippen LogP contribution < -0.4 is 15.8 Å². The molecule has 210 valence electrons. The number of amides is 2. The maximum Gasteiger partial charge on any atom is 0.418 e. The second-order valence-electron chi connectivity index (χ2n) is 8.88. The molecule has 3 aromatic heterocycles. The Kier molecular flexibility index (Phi) is 7.45. The van der Waals surface area contributed by atoms with Crippen LogP contribution in [0.3, 0.4) is 0 Å². The highest BCUT2D eigenvalue weighted by molar-refractivity contribution is 7.22. The molecule has 0 fully saturated rings. The number of carbonyl (C=O) groups excluding carboxylic acids is 2. The number of primary amides is 1. The molecule has 0 saturated heterocycles. The predicted molar refractivity (Wildman–Crippen MR) is 145 cm³/mol. The van der Waals surface area contributed by atoms with Crippen molar-refractivity contribution in [1.29, 1.82) is 0 Å². The molecule has 0 saturated carbocycles. The molecule has 1 unspecified atom stereocenters. The lowest BCUT2D eigenvalue weighted by molar-refractivity contribution is -0.137. The Balaban J connectivity index is 1.40. The summed E-state index contributed by atoms with van der Waals surface area (Å²) < 4.78 is 63.6. The van der Waals surface area contributed by atoms with Crippen molar-refractivity contribution < 1.29 is 31.9 Å². The normalized spacial score (nSPS) is 12.3. The van der Waals surface area contributed by atoms with Crippen molar-refractivity contribution in [1.82, 2.24) is 14.5 Å². The standard InChI is InChI=1S/C28H21F4N5O3S/c1-2-37-13-20(35-14-37)23-12-19-25(41-23)22(9-10-34-19)40-21-8-7-15(11-17(21)29)24(26(33)38)27(39)36-18-6-4-3-5-16(18)28(30,31)32/h3-14,24H,2H2,1H3,(H2,33,38)(H,36,39). The molecule has 3 heterocycles. The molecule has 41 heavy (non-hydrogen) atoms. The lowest BCUT2D eigenvalue weighted by Gasteiger charge is -2.18. The average Bonchev–Trinajstić information content (AvgIpc) is 3.57. The van der Waals surface area contributed by atoms with E-state index in [4.69, 9.17) is 10.5 Å². The Morgan fingerprint density at radius 3 is 2.56 bits per heavy atom. The van der Waals surface area contributed by atoms with Gasteiger partial charge in [-0.05, 0) is 42.8 Å². The van der Waals surface area contributed by atoms with E-state index in [0.29, 0.717) is 16.0 Å². The van der Waals surface area contributed by atoms with E-state index in [9.17, 15) is 22.8 Å². The molecule has 0 aliphatic carbocycles. The Bertz CT molecular complexity index is 1770. The topological polar surface area (TPSA) is 112 Å². The first-order chi connectivity index (χ1) is 19.5. The number of pyridine rings is 1. The van der Waals surface area contributed by atoms with Crippen LogP contribution in [0.2, 0.25) is 0 Å². The molecule has 0 bridgehead atoms. The summed E-state index contributed by atoms with van der Waals surface area (Å²) >= 11 is 1.37. The number of carbonyl (C=O) groups is 2. The highest BCUT2D eigenvalue weighted by atomic mass is 32.1. The van der Waals surface area contributed by atoms with Crippen LogP contribution >= 0.6 is 11.3 Å². The lowest BCUT2D eigenvalue weighted by Crippen LogP contribution is -2.33. The van der Waals surface area contributed by atoms with Gasteiger partial charge in [0, 0.05) is 25.0 Å². The number of halogens is 4. The second-order valence-corrected chi connectivity index (χ2v) is 9.94. The number of nitrogens with zero attached hydrogens (tertiary/aromatic N) is 3. The highest BCUT2D eigenvalue weighted by Gasteiger charge is 2.35. The molecule has 13 heteroatoms. The van der Waals surface area contributed by atoms with Crippen LogP contribution in [0, 0.1) is 5.82 Å². The third-order valence-electron chi connectivity index (χ3n) is 6.17. The number of hydrogen-bond acceptors (Lipinski definition) is 6. The molecule has 0 spiro atoms. The SMILES string of the molecule is CCn1cnc(-c2cc3nccc(Oc4ccc(C(C(N)=O)C(=O)Nc5ccccc5C(F)(F)F)cc4F)c3s2)c1. The van der Waals surface area contributed by atoms with Gasteiger partial charge in [-0.3, -0.25) is 14.6 Å². The third kappa shape index (κ3) is 5.75. The molecule has 0 aliphatic rings. The quantitative estimate of drug-likeness (QED) is 0.164. The van der Waals surface area contributed by atoms with E-state index in [0.717, 1.165) is 41.4 Å². The number of alkyl halides is 3. The molecular formula is C28H21F4N5O3S. The summed E-state index contributed by atoms with van der Waals surface area (Å²) in [6.45, 7) is 2.76. The number of imidazole rings is 1. The Hall–Kier alpha value is -4.78. The van der Waals surface area contributed by atoms with Gasteiger partial charge in [0.2, 0.25) is 11.8 Å². The minimum atomic E-state index is -4.75.